The van der Waals surface area contributed by atoms with Gasteiger partial charge in [-0.2, -0.15) is 0 Å². The molecule has 0 fully saturated rings. The van der Waals surface area contributed by atoms with Crippen molar-refractivity contribution in [3.8, 4) is 0 Å². The van der Waals surface area contributed by atoms with E-state index in [0.717, 1.165) is 11.5 Å². The normalized spacial score (nSPS) is 12.4. The van der Waals surface area contributed by atoms with Crippen LogP contribution in [0.5, 0.6) is 0 Å². The van der Waals surface area contributed by atoms with E-state index in [9.17, 15) is 9.59 Å². The minimum Gasteiger partial charge on any atom is -0.354 e. The smallest absolute Gasteiger partial charge is 0.250 e. The van der Waals surface area contributed by atoms with Gasteiger partial charge in [-0.3, -0.25) is 9.59 Å². The van der Waals surface area contributed by atoms with Crippen molar-refractivity contribution in [1.29, 1.82) is 0 Å². The van der Waals surface area contributed by atoms with E-state index in [0.29, 0.717) is 19.5 Å². The van der Waals surface area contributed by atoms with Crippen molar-refractivity contribution < 1.29 is 4.79 Å². The number of aryl methyl sites for hydroxylation is 1. The van der Waals surface area contributed by atoms with Gasteiger partial charge in [-0.05, 0) is 26.3 Å². The van der Waals surface area contributed by atoms with Crippen molar-refractivity contribution in [2.75, 3.05) is 6.54 Å². The van der Waals surface area contributed by atoms with Crippen LogP contribution in [0, 0.1) is 6.92 Å². The third-order valence-corrected chi connectivity index (χ3v) is 4.14. The summed E-state index contributed by atoms with van der Waals surface area (Å²) in [6, 6.07) is 4.93. The number of aromatic nitrogens is 3. The Labute approximate surface area is 142 Å². The lowest BCUT2D eigenvalue weighted by Crippen LogP contribution is -2.33. The Morgan fingerprint density at radius 1 is 1.29 bits per heavy atom. The molecule has 1 N–H and O–H groups in total. The summed E-state index contributed by atoms with van der Waals surface area (Å²) in [7, 11) is 0. The highest BCUT2D eigenvalue weighted by Gasteiger charge is 2.18. The first kappa shape index (κ1) is 18.0. The zero-order chi connectivity index (χ0) is 17.7. The second kappa shape index (κ2) is 7.95. The van der Waals surface area contributed by atoms with Crippen molar-refractivity contribution in [2.45, 2.75) is 52.6 Å². The lowest BCUT2D eigenvalue weighted by atomic mass is 10.2. The summed E-state index contributed by atoms with van der Waals surface area (Å²) in [5.41, 5.74) is 0.928. The Hall–Kier alpha value is -2.37. The molecule has 130 valence electrons. The van der Waals surface area contributed by atoms with Crippen LogP contribution in [-0.4, -0.2) is 26.6 Å². The Morgan fingerprint density at radius 3 is 2.71 bits per heavy atom. The first-order valence-corrected chi connectivity index (χ1v) is 8.38. The quantitative estimate of drug-likeness (QED) is 0.792. The zero-order valence-electron chi connectivity index (χ0n) is 14.8. The number of hydrogen-bond acceptors (Lipinski definition) is 3. The van der Waals surface area contributed by atoms with Crippen LogP contribution >= 0.6 is 0 Å². The minimum absolute atomic E-state index is 0.00492. The van der Waals surface area contributed by atoms with E-state index < -0.39 is 0 Å². The van der Waals surface area contributed by atoms with Crippen LogP contribution in [0.4, 0.5) is 0 Å². The molecule has 1 atom stereocenters. The monoisotopic (exact) mass is 330 g/mol. The van der Waals surface area contributed by atoms with Crippen LogP contribution < -0.4 is 10.9 Å². The molecule has 24 heavy (non-hydrogen) atoms. The molecule has 0 aliphatic rings. The summed E-state index contributed by atoms with van der Waals surface area (Å²) in [4.78, 5) is 28.5. The van der Waals surface area contributed by atoms with Crippen molar-refractivity contribution in [2.24, 2.45) is 0 Å². The van der Waals surface area contributed by atoms with Gasteiger partial charge in [0.05, 0.1) is 0 Å². The Bertz CT molecular complexity index is 745. The SMILES string of the molecule is Cc1cccc(=O)n1CCCNC(=O)C(C)n1ccnc1C(C)C. The highest BCUT2D eigenvalue weighted by molar-refractivity contribution is 5.79. The van der Waals surface area contributed by atoms with Gasteiger partial charge in [0.1, 0.15) is 11.9 Å². The number of hydrogen-bond donors (Lipinski definition) is 1. The van der Waals surface area contributed by atoms with Gasteiger partial charge < -0.3 is 14.5 Å². The van der Waals surface area contributed by atoms with Crippen LogP contribution in [0.25, 0.3) is 0 Å². The second-order valence-electron chi connectivity index (χ2n) is 6.33. The number of amides is 1. The van der Waals surface area contributed by atoms with E-state index in [1.165, 1.54) is 0 Å². The molecule has 0 spiro atoms. The fourth-order valence-electron chi connectivity index (χ4n) is 2.73. The first-order valence-electron chi connectivity index (χ1n) is 8.38. The molecular formula is C18H26N4O2. The predicted molar refractivity (Wildman–Crippen MR) is 94.1 cm³/mol. The molecule has 2 rings (SSSR count). The fourth-order valence-corrected chi connectivity index (χ4v) is 2.73. The predicted octanol–water partition coefficient (Wildman–Crippen LogP) is 2.24. The highest BCUT2D eigenvalue weighted by atomic mass is 16.2. The van der Waals surface area contributed by atoms with Gasteiger partial charge in [-0.15, -0.1) is 0 Å². The molecule has 6 nitrogen and oxygen atoms in total. The molecule has 0 bridgehead atoms. The van der Waals surface area contributed by atoms with Crippen LogP contribution in [-0.2, 0) is 11.3 Å². The fraction of sp³-hybridized carbons (Fsp3) is 0.500. The third kappa shape index (κ3) is 4.13. The van der Waals surface area contributed by atoms with Crippen LogP contribution in [0.1, 0.15) is 50.7 Å². The standard InChI is InChI=1S/C18H26N4O2/c1-13(2)17-19-10-12-22(17)15(4)18(24)20-9-6-11-21-14(3)7-5-8-16(21)23/h5,7-8,10,12-13,15H,6,9,11H2,1-4H3,(H,20,24). The number of nitrogens with one attached hydrogen (secondary N) is 1. The number of carbonyl (C=O) groups excluding carboxylic acids is 1. The van der Waals surface area contributed by atoms with E-state index in [2.05, 4.69) is 24.1 Å². The average molecular weight is 330 g/mol. The largest absolute Gasteiger partial charge is 0.354 e. The van der Waals surface area contributed by atoms with E-state index in [1.807, 2.05) is 30.7 Å². The van der Waals surface area contributed by atoms with Gasteiger partial charge in [0, 0.05) is 43.2 Å². The van der Waals surface area contributed by atoms with Crippen molar-refractivity contribution >= 4 is 5.91 Å². The number of imidazole rings is 1. The average Bonchev–Trinajstić information content (AvgIpc) is 3.02. The lowest BCUT2D eigenvalue weighted by molar-refractivity contribution is -0.123. The van der Waals surface area contributed by atoms with E-state index in [4.69, 9.17) is 0 Å². The molecule has 0 saturated carbocycles. The van der Waals surface area contributed by atoms with Gasteiger partial charge in [-0.25, -0.2) is 4.98 Å². The Balaban J connectivity index is 1.87. The number of pyridine rings is 1. The number of rotatable bonds is 7. The van der Waals surface area contributed by atoms with Gasteiger partial charge >= 0.3 is 0 Å². The molecule has 0 aromatic carbocycles. The maximum atomic E-state index is 12.3. The maximum absolute atomic E-state index is 12.3. The molecule has 0 saturated heterocycles. The van der Waals surface area contributed by atoms with Crippen molar-refractivity contribution in [3.63, 3.8) is 0 Å². The highest BCUT2D eigenvalue weighted by Crippen LogP contribution is 2.17. The van der Waals surface area contributed by atoms with Gasteiger partial charge in [0.25, 0.3) is 5.56 Å². The summed E-state index contributed by atoms with van der Waals surface area (Å²) >= 11 is 0. The molecule has 0 radical (unpaired) electrons. The first-order chi connectivity index (χ1) is 11.4. The number of carbonyl (C=O) groups is 1. The van der Waals surface area contributed by atoms with Crippen molar-refractivity contribution in [3.05, 3.63) is 52.5 Å². The second-order valence-corrected chi connectivity index (χ2v) is 6.33. The van der Waals surface area contributed by atoms with E-state index in [1.54, 1.807) is 22.9 Å². The molecule has 0 aliphatic heterocycles. The summed E-state index contributed by atoms with van der Waals surface area (Å²) in [6.45, 7) is 9.04. The topological polar surface area (TPSA) is 68.9 Å². The summed E-state index contributed by atoms with van der Waals surface area (Å²) in [5.74, 6) is 1.14. The van der Waals surface area contributed by atoms with E-state index in [-0.39, 0.29) is 23.4 Å². The molecule has 6 heteroatoms. The molecule has 1 unspecified atom stereocenters. The van der Waals surface area contributed by atoms with Gasteiger partial charge in [-0.1, -0.05) is 19.9 Å². The lowest BCUT2D eigenvalue weighted by Gasteiger charge is -2.18. The summed E-state index contributed by atoms with van der Waals surface area (Å²) in [5, 5.41) is 2.94. The molecule has 2 aromatic heterocycles. The van der Waals surface area contributed by atoms with Crippen LogP contribution in [0.15, 0.2) is 35.4 Å². The Kier molecular flexibility index (Phi) is 5.95. The third-order valence-electron chi connectivity index (χ3n) is 4.14. The molecular weight excluding hydrogens is 304 g/mol. The van der Waals surface area contributed by atoms with Crippen LogP contribution in [0.2, 0.25) is 0 Å². The van der Waals surface area contributed by atoms with Gasteiger partial charge in [0.2, 0.25) is 5.91 Å². The zero-order valence-corrected chi connectivity index (χ0v) is 14.8. The van der Waals surface area contributed by atoms with Crippen LogP contribution in [0.3, 0.4) is 0 Å². The number of nitrogens with zero attached hydrogens (tertiary/aromatic N) is 3. The molecule has 2 heterocycles. The van der Waals surface area contributed by atoms with Gasteiger partial charge in [0.15, 0.2) is 0 Å². The Morgan fingerprint density at radius 2 is 2.04 bits per heavy atom. The summed E-state index contributed by atoms with van der Waals surface area (Å²) < 4.78 is 3.63. The molecule has 0 aliphatic carbocycles. The molecule has 1 amide bonds. The molecule has 2 aromatic rings. The van der Waals surface area contributed by atoms with E-state index >= 15 is 0 Å². The minimum atomic E-state index is -0.300. The maximum Gasteiger partial charge on any atom is 0.250 e. The summed E-state index contributed by atoms with van der Waals surface area (Å²) in [6.07, 6.45) is 4.28. The van der Waals surface area contributed by atoms with Crippen molar-refractivity contribution in [1.82, 2.24) is 19.4 Å².